The molecule has 0 saturated carbocycles. The van der Waals surface area contributed by atoms with Gasteiger partial charge in [0, 0.05) is 11.4 Å². The Labute approximate surface area is 126 Å². The van der Waals surface area contributed by atoms with E-state index in [1.54, 1.807) is 7.11 Å². The van der Waals surface area contributed by atoms with Gasteiger partial charge < -0.3 is 9.84 Å². The molecule has 0 radical (unpaired) electrons. The van der Waals surface area contributed by atoms with Gasteiger partial charge in [-0.25, -0.2) is 0 Å². The minimum atomic E-state index is -0.353. The molecule has 1 aliphatic rings. The van der Waals surface area contributed by atoms with E-state index < -0.39 is 0 Å². The smallest absolute Gasteiger partial charge is 0.122 e. The van der Waals surface area contributed by atoms with Crippen LogP contribution in [0.1, 0.15) is 32.3 Å². The summed E-state index contributed by atoms with van der Waals surface area (Å²) in [7, 11) is 1.65. The maximum absolute atomic E-state index is 10.5. The van der Waals surface area contributed by atoms with Crippen LogP contribution in [0.15, 0.2) is 29.8 Å². The molecular weight excluding hydrogens is 272 g/mol. The van der Waals surface area contributed by atoms with E-state index in [1.807, 2.05) is 18.2 Å². The molecule has 0 amide bonds. The van der Waals surface area contributed by atoms with Gasteiger partial charge >= 0.3 is 0 Å². The second-order valence-corrected chi connectivity index (χ2v) is 6.35. The van der Waals surface area contributed by atoms with Gasteiger partial charge in [0.1, 0.15) is 5.75 Å². The van der Waals surface area contributed by atoms with Crippen molar-refractivity contribution in [2.75, 3.05) is 7.11 Å². The molecule has 0 aromatic heterocycles. The standard InChI is InChI=1S/C17H23ClO2/c1-11-6-12(2)8-13(7-11)16(19)10-14-9-15(18)4-5-17(14)20-3/h4-6,9,11,13,16,19H,7-8,10H2,1-3H3. The lowest BCUT2D eigenvalue weighted by atomic mass is 9.79. The Balaban J connectivity index is 2.10. The van der Waals surface area contributed by atoms with Crippen LogP contribution in [0, 0.1) is 11.8 Å². The zero-order chi connectivity index (χ0) is 14.7. The Morgan fingerprint density at radius 1 is 1.45 bits per heavy atom. The van der Waals surface area contributed by atoms with Gasteiger partial charge in [-0.2, -0.15) is 0 Å². The molecular formula is C17H23ClO2. The van der Waals surface area contributed by atoms with E-state index in [2.05, 4.69) is 19.9 Å². The fourth-order valence-corrected chi connectivity index (χ4v) is 3.38. The fourth-order valence-electron chi connectivity index (χ4n) is 3.19. The van der Waals surface area contributed by atoms with Crippen molar-refractivity contribution in [3.8, 4) is 5.75 Å². The fraction of sp³-hybridized carbons (Fsp3) is 0.529. The number of rotatable bonds is 4. The van der Waals surface area contributed by atoms with Crippen LogP contribution >= 0.6 is 11.6 Å². The molecule has 0 spiro atoms. The third-order valence-electron chi connectivity index (χ3n) is 4.04. The van der Waals surface area contributed by atoms with Crippen molar-refractivity contribution < 1.29 is 9.84 Å². The third kappa shape index (κ3) is 3.77. The van der Waals surface area contributed by atoms with E-state index in [9.17, 15) is 5.11 Å². The van der Waals surface area contributed by atoms with Gasteiger partial charge in [0.05, 0.1) is 13.2 Å². The summed E-state index contributed by atoms with van der Waals surface area (Å²) in [5.74, 6) is 1.66. The van der Waals surface area contributed by atoms with Crippen molar-refractivity contribution >= 4 is 11.6 Å². The Morgan fingerprint density at radius 2 is 2.20 bits per heavy atom. The number of benzene rings is 1. The summed E-state index contributed by atoms with van der Waals surface area (Å²) < 4.78 is 5.35. The topological polar surface area (TPSA) is 29.5 Å². The van der Waals surface area contributed by atoms with Crippen molar-refractivity contribution in [2.45, 2.75) is 39.2 Å². The molecule has 20 heavy (non-hydrogen) atoms. The second-order valence-electron chi connectivity index (χ2n) is 5.92. The van der Waals surface area contributed by atoms with E-state index in [0.717, 1.165) is 24.2 Å². The molecule has 0 heterocycles. The van der Waals surface area contributed by atoms with Gasteiger partial charge in [0.2, 0.25) is 0 Å². The molecule has 1 aliphatic carbocycles. The minimum Gasteiger partial charge on any atom is -0.496 e. The average molecular weight is 295 g/mol. The molecule has 0 saturated heterocycles. The molecule has 2 nitrogen and oxygen atoms in total. The second kappa shape index (κ2) is 6.64. The molecule has 1 N–H and O–H groups in total. The van der Waals surface area contributed by atoms with Gasteiger partial charge in [0.25, 0.3) is 0 Å². The predicted molar refractivity (Wildman–Crippen MR) is 83.4 cm³/mol. The van der Waals surface area contributed by atoms with Crippen LogP contribution in [0.4, 0.5) is 0 Å². The molecule has 110 valence electrons. The quantitative estimate of drug-likeness (QED) is 0.842. The number of methoxy groups -OCH3 is 1. The van der Waals surface area contributed by atoms with Crippen molar-refractivity contribution in [2.24, 2.45) is 11.8 Å². The van der Waals surface area contributed by atoms with Crippen LogP contribution in [0.25, 0.3) is 0 Å². The summed E-state index contributed by atoms with van der Waals surface area (Å²) in [6.07, 6.45) is 4.57. The SMILES string of the molecule is COc1ccc(Cl)cc1CC(O)C1CC(C)=CC(C)C1. The first-order chi connectivity index (χ1) is 9.49. The first-order valence-corrected chi connectivity index (χ1v) is 7.55. The van der Waals surface area contributed by atoms with E-state index in [1.165, 1.54) is 5.57 Å². The molecule has 2 rings (SSSR count). The molecule has 0 bridgehead atoms. The molecule has 1 aromatic rings. The van der Waals surface area contributed by atoms with Crippen LogP contribution in [-0.2, 0) is 6.42 Å². The number of aliphatic hydroxyl groups is 1. The summed E-state index contributed by atoms with van der Waals surface area (Å²) in [5, 5.41) is 11.2. The van der Waals surface area contributed by atoms with Gasteiger partial charge in [0.15, 0.2) is 0 Å². The Morgan fingerprint density at radius 3 is 2.85 bits per heavy atom. The molecule has 0 fully saturated rings. The highest BCUT2D eigenvalue weighted by atomic mass is 35.5. The summed E-state index contributed by atoms with van der Waals surface area (Å²) in [6.45, 7) is 4.36. The minimum absolute atomic E-state index is 0.318. The lowest BCUT2D eigenvalue weighted by molar-refractivity contribution is 0.0926. The van der Waals surface area contributed by atoms with E-state index in [-0.39, 0.29) is 6.10 Å². The molecule has 3 heteroatoms. The molecule has 0 aliphatic heterocycles. The van der Waals surface area contributed by atoms with Crippen molar-refractivity contribution in [3.63, 3.8) is 0 Å². The lowest BCUT2D eigenvalue weighted by Gasteiger charge is -2.29. The van der Waals surface area contributed by atoms with Crippen molar-refractivity contribution in [1.29, 1.82) is 0 Å². The number of allylic oxidation sites excluding steroid dienone is 2. The highest BCUT2D eigenvalue weighted by Crippen LogP contribution is 2.33. The average Bonchev–Trinajstić information content (AvgIpc) is 2.37. The molecule has 3 unspecified atom stereocenters. The van der Waals surface area contributed by atoms with Crippen LogP contribution in [0.5, 0.6) is 5.75 Å². The first-order valence-electron chi connectivity index (χ1n) is 7.17. The Hall–Kier alpha value is -0.990. The van der Waals surface area contributed by atoms with Crippen LogP contribution in [0.3, 0.4) is 0 Å². The van der Waals surface area contributed by atoms with Gasteiger partial charge in [-0.1, -0.05) is 30.2 Å². The first kappa shape index (κ1) is 15.4. The molecule has 3 atom stereocenters. The zero-order valence-corrected chi connectivity index (χ0v) is 13.2. The summed E-state index contributed by atoms with van der Waals surface area (Å²) in [5.41, 5.74) is 2.36. The number of hydrogen-bond donors (Lipinski definition) is 1. The number of hydrogen-bond acceptors (Lipinski definition) is 2. The number of halogens is 1. The third-order valence-corrected chi connectivity index (χ3v) is 4.28. The van der Waals surface area contributed by atoms with Gasteiger partial charge in [-0.15, -0.1) is 0 Å². The number of aliphatic hydroxyl groups excluding tert-OH is 1. The summed E-state index contributed by atoms with van der Waals surface area (Å²) >= 11 is 6.04. The van der Waals surface area contributed by atoms with E-state index in [4.69, 9.17) is 16.3 Å². The maximum Gasteiger partial charge on any atom is 0.122 e. The monoisotopic (exact) mass is 294 g/mol. The molecule has 1 aromatic carbocycles. The predicted octanol–water partition coefficient (Wildman–Crippen LogP) is 4.24. The lowest BCUT2D eigenvalue weighted by Crippen LogP contribution is -2.27. The van der Waals surface area contributed by atoms with Crippen molar-refractivity contribution in [3.05, 3.63) is 40.4 Å². The van der Waals surface area contributed by atoms with Crippen LogP contribution < -0.4 is 4.74 Å². The Kier molecular flexibility index (Phi) is 5.11. The van der Waals surface area contributed by atoms with Crippen LogP contribution in [-0.4, -0.2) is 18.3 Å². The summed E-state index contributed by atoms with van der Waals surface area (Å²) in [4.78, 5) is 0. The highest BCUT2D eigenvalue weighted by molar-refractivity contribution is 6.30. The van der Waals surface area contributed by atoms with Gasteiger partial charge in [-0.05, 0) is 55.4 Å². The Bertz CT molecular complexity index is 496. The highest BCUT2D eigenvalue weighted by Gasteiger charge is 2.25. The summed E-state index contributed by atoms with van der Waals surface area (Å²) in [6, 6.07) is 5.56. The number of ether oxygens (including phenoxy) is 1. The van der Waals surface area contributed by atoms with E-state index in [0.29, 0.717) is 23.3 Å². The van der Waals surface area contributed by atoms with Crippen molar-refractivity contribution in [1.82, 2.24) is 0 Å². The maximum atomic E-state index is 10.5. The largest absolute Gasteiger partial charge is 0.496 e. The zero-order valence-electron chi connectivity index (χ0n) is 12.4. The van der Waals surface area contributed by atoms with E-state index >= 15 is 0 Å². The van der Waals surface area contributed by atoms with Crippen LogP contribution in [0.2, 0.25) is 5.02 Å². The van der Waals surface area contributed by atoms with Gasteiger partial charge in [-0.3, -0.25) is 0 Å². The normalized spacial score (nSPS) is 24.1.